The summed E-state index contributed by atoms with van der Waals surface area (Å²) in [5, 5.41) is 71.2. The van der Waals surface area contributed by atoms with Crippen LogP contribution in [0.5, 0.6) is 0 Å². The first-order valence-corrected chi connectivity index (χ1v) is 22.4. The highest BCUT2D eigenvalue weighted by Gasteiger charge is 2.47. The first-order valence-electron chi connectivity index (χ1n) is 22.4. The molecule has 0 aromatic carbocycles. The van der Waals surface area contributed by atoms with E-state index in [-0.39, 0.29) is 26.1 Å². The van der Waals surface area contributed by atoms with E-state index < -0.39 is 92.7 Å². The predicted octanol–water partition coefficient (Wildman–Crippen LogP) is 4.43. The van der Waals surface area contributed by atoms with E-state index >= 15 is 0 Å². The minimum absolute atomic E-state index is 0.0990. The number of hydrogen-bond acceptors (Lipinski definition) is 15. The van der Waals surface area contributed by atoms with E-state index in [0.717, 1.165) is 32.1 Å². The van der Waals surface area contributed by atoms with Crippen molar-refractivity contribution in [2.75, 3.05) is 26.4 Å². The maximum Gasteiger partial charge on any atom is 0.306 e. The Hall–Kier alpha value is -2.02. The van der Waals surface area contributed by atoms with Crippen molar-refractivity contribution < 1.29 is 73.8 Å². The summed E-state index contributed by atoms with van der Waals surface area (Å²) in [6.45, 7) is 1.95. The lowest BCUT2D eigenvalue weighted by Gasteiger charge is -2.42. The second-order valence-electron chi connectivity index (χ2n) is 15.8. The van der Waals surface area contributed by atoms with Crippen molar-refractivity contribution in [3.05, 3.63) is 24.3 Å². The van der Waals surface area contributed by atoms with Crippen molar-refractivity contribution in [3.63, 3.8) is 0 Å². The Morgan fingerprint density at radius 1 is 0.559 bits per heavy atom. The summed E-state index contributed by atoms with van der Waals surface area (Å²) in [6, 6.07) is 0. The molecule has 0 saturated carbocycles. The summed E-state index contributed by atoms with van der Waals surface area (Å²) in [6.07, 6.45) is 15.0. The summed E-state index contributed by atoms with van der Waals surface area (Å²) in [4.78, 5) is 24.6. The van der Waals surface area contributed by atoms with E-state index in [9.17, 15) is 45.3 Å². The Morgan fingerprint density at radius 2 is 1.05 bits per heavy atom. The predicted molar refractivity (Wildman–Crippen MR) is 220 cm³/mol. The lowest BCUT2D eigenvalue weighted by atomic mass is 9.98. The third-order valence-electron chi connectivity index (χ3n) is 10.7. The Balaban J connectivity index is 1.61. The molecule has 15 heteroatoms. The van der Waals surface area contributed by atoms with Gasteiger partial charge < -0.3 is 64.2 Å². The summed E-state index contributed by atoms with van der Waals surface area (Å²) >= 11 is 0. The standard InChI is InChI=1S/C44H78O15/c1-3-5-6-7-8-9-10-11-12-13-14-15-16-17-18-19-20-21-22-23-24-25-26-27-36(47)57-32(29-54-35(46)4-2)30-55-43-42(53)40(51)38(49)34(59-43)31-56-44-41(52)39(50)37(48)33(28-45)58-44/h10-11,13-14,32-34,37-45,48-53H,3-9,12,15-31H2,1-2H3/b11-10-,14-13-. The van der Waals surface area contributed by atoms with Gasteiger partial charge in [0, 0.05) is 12.8 Å². The van der Waals surface area contributed by atoms with Crippen LogP contribution in [0.25, 0.3) is 0 Å². The van der Waals surface area contributed by atoms with Crippen LogP contribution in [0.3, 0.4) is 0 Å². The van der Waals surface area contributed by atoms with Crippen LogP contribution in [0, 0.1) is 0 Å². The SMILES string of the molecule is CCCCCCC/C=C\C/C=C\CCCCCCCCCCCCCC(=O)OC(COC(=O)CC)COC1OC(COC2OC(CO)C(O)C(O)C2O)C(O)C(O)C1O. The number of carbonyl (C=O) groups excluding carboxylic acids is 2. The number of carbonyl (C=O) groups is 2. The molecule has 0 amide bonds. The topological polar surface area (TPSA) is 231 Å². The van der Waals surface area contributed by atoms with Gasteiger partial charge >= 0.3 is 11.9 Å². The average Bonchev–Trinajstić information content (AvgIpc) is 3.23. The molecule has 15 nitrogen and oxygen atoms in total. The van der Waals surface area contributed by atoms with Gasteiger partial charge in [0.25, 0.3) is 0 Å². The molecule has 2 saturated heterocycles. The Labute approximate surface area is 352 Å². The van der Waals surface area contributed by atoms with Gasteiger partial charge in [-0.1, -0.05) is 122 Å². The smallest absolute Gasteiger partial charge is 0.306 e. The molecule has 2 rings (SSSR count). The van der Waals surface area contributed by atoms with Gasteiger partial charge in [-0.15, -0.1) is 0 Å². The number of hydrogen-bond donors (Lipinski definition) is 7. The number of aliphatic hydroxyl groups excluding tert-OH is 7. The molecule has 2 aliphatic heterocycles. The van der Waals surface area contributed by atoms with Gasteiger partial charge in [0.1, 0.15) is 55.4 Å². The molecule has 0 aliphatic carbocycles. The molecule has 344 valence electrons. The van der Waals surface area contributed by atoms with Crippen molar-refractivity contribution in [2.45, 2.75) is 216 Å². The fourth-order valence-electron chi connectivity index (χ4n) is 6.93. The van der Waals surface area contributed by atoms with E-state index in [4.69, 9.17) is 28.4 Å². The van der Waals surface area contributed by atoms with E-state index in [0.29, 0.717) is 6.42 Å². The van der Waals surface area contributed by atoms with Gasteiger partial charge in [0.05, 0.1) is 19.8 Å². The maximum atomic E-state index is 12.7. The fourth-order valence-corrected chi connectivity index (χ4v) is 6.93. The lowest BCUT2D eigenvalue weighted by molar-refractivity contribution is -0.332. The highest BCUT2D eigenvalue weighted by Crippen LogP contribution is 2.26. The van der Waals surface area contributed by atoms with E-state index in [1.807, 2.05) is 0 Å². The number of aliphatic hydroxyl groups is 7. The van der Waals surface area contributed by atoms with Gasteiger partial charge in [-0.25, -0.2) is 0 Å². The molecule has 11 unspecified atom stereocenters. The Bertz CT molecular complexity index is 1140. The number of allylic oxidation sites excluding steroid dienone is 4. The molecule has 0 aromatic heterocycles. The third-order valence-corrected chi connectivity index (χ3v) is 10.7. The molecule has 0 radical (unpaired) electrons. The Morgan fingerprint density at radius 3 is 1.59 bits per heavy atom. The van der Waals surface area contributed by atoms with E-state index in [1.54, 1.807) is 6.92 Å². The summed E-state index contributed by atoms with van der Waals surface area (Å²) in [7, 11) is 0. The molecular weight excluding hydrogens is 768 g/mol. The zero-order valence-corrected chi connectivity index (χ0v) is 35.7. The Kier molecular flexibility index (Phi) is 29.4. The van der Waals surface area contributed by atoms with Crippen molar-refractivity contribution in [2.24, 2.45) is 0 Å². The molecule has 59 heavy (non-hydrogen) atoms. The van der Waals surface area contributed by atoms with Crippen LogP contribution in [0.15, 0.2) is 24.3 Å². The highest BCUT2D eigenvalue weighted by atomic mass is 16.7. The maximum absolute atomic E-state index is 12.7. The molecule has 2 heterocycles. The highest BCUT2D eigenvalue weighted by molar-refractivity contribution is 5.70. The van der Waals surface area contributed by atoms with Gasteiger partial charge in [-0.2, -0.15) is 0 Å². The van der Waals surface area contributed by atoms with Crippen LogP contribution >= 0.6 is 0 Å². The molecule has 0 bridgehead atoms. The zero-order chi connectivity index (χ0) is 43.3. The zero-order valence-electron chi connectivity index (χ0n) is 35.7. The normalized spacial score (nSPS) is 28.0. The van der Waals surface area contributed by atoms with Crippen molar-refractivity contribution in [1.29, 1.82) is 0 Å². The fraction of sp³-hybridized carbons (Fsp3) is 0.864. The van der Waals surface area contributed by atoms with Crippen LogP contribution in [-0.4, -0.2) is 142 Å². The molecule has 0 aromatic rings. The lowest BCUT2D eigenvalue weighted by Crippen LogP contribution is -2.61. The second kappa shape index (κ2) is 32.7. The van der Waals surface area contributed by atoms with Crippen LogP contribution in [0.4, 0.5) is 0 Å². The summed E-state index contributed by atoms with van der Waals surface area (Å²) in [5.41, 5.74) is 0. The van der Waals surface area contributed by atoms with Crippen molar-refractivity contribution in [3.8, 4) is 0 Å². The number of ether oxygens (including phenoxy) is 6. The molecule has 2 fully saturated rings. The van der Waals surface area contributed by atoms with Crippen molar-refractivity contribution >= 4 is 11.9 Å². The average molecular weight is 847 g/mol. The van der Waals surface area contributed by atoms with Gasteiger partial charge in [0.2, 0.25) is 0 Å². The van der Waals surface area contributed by atoms with E-state index in [2.05, 4.69) is 31.2 Å². The van der Waals surface area contributed by atoms with Crippen LogP contribution in [-0.2, 0) is 38.0 Å². The summed E-state index contributed by atoms with van der Waals surface area (Å²) < 4.78 is 32.7. The first-order chi connectivity index (χ1) is 28.5. The molecule has 7 N–H and O–H groups in total. The van der Waals surface area contributed by atoms with Crippen LogP contribution < -0.4 is 0 Å². The molecular formula is C44H78O15. The third kappa shape index (κ3) is 22.1. The number of unbranched alkanes of at least 4 members (excludes halogenated alkanes) is 16. The van der Waals surface area contributed by atoms with E-state index in [1.165, 1.54) is 83.5 Å². The molecule has 2 aliphatic rings. The number of esters is 2. The van der Waals surface area contributed by atoms with Crippen LogP contribution in [0.1, 0.15) is 149 Å². The monoisotopic (exact) mass is 847 g/mol. The van der Waals surface area contributed by atoms with Gasteiger partial charge in [-0.3, -0.25) is 9.59 Å². The summed E-state index contributed by atoms with van der Waals surface area (Å²) in [5.74, 6) is -1.03. The largest absolute Gasteiger partial charge is 0.462 e. The second-order valence-corrected chi connectivity index (χ2v) is 15.8. The quantitative estimate of drug-likeness (QED) is 0.0275. The van der Waals surface area contributed by atoms with Crippen molar-refractivity contribution in [1.82, 2.24) is 0 Å². The minimum Gasteiger partial charge on any atom is -0.462 e. The van der Waals surface area contributed by atoms with Gasteiger partial charge in [-0.05, 0) is 38.5 Å². The minimum atomic E-state index is -1.76. The van der Waals surface area contributed by atoms with Gasteiger partial charge in [0.15, 0.2) is 18.7 Å². The molecule has 11 atom stereocenters. The molecule has 0 spiro atoms. The van der Waals surface area contributed by atoms with Crippen LogP contribution in [0.2, 0.25) is 0 Å². The first kappa shape index (κ1) is 53.1. The number of rotatable bonds is 33.